The summed E-state index contributed by atoms with van der Waals surface area (Å²) in [7, 11) is 0. The second-order valence-electron chi connectivity index (χ2n) is 6.66. The minimum absolute atomic E-state index is 0.113. The standard InChI is InChI=1S/C17H28N4O/c1-4-17(2,3)19-16(22)14-21-11-9-20(10-12-21)13-15-7-5-6-8-18-15/h5-8H,4,9-14H2,1-3H3,(H,19,22). The summed E-state index contributed by atoms with van der Waals surface area (Å²) in [4.78, 5) is 21.1. The summed E-state index contributed by atoms with van der Waals surface area (Å²) in [6.07, 6.45) is 2.78. The lowest BCUT2D eigenvalue weighted by atomic mass is 10.0. The first-order valence-corrected chi connectivity index (χ1v) is 8.14. The van der Waals surface area contributed by atoms with Crippen LogP contribution in [0.1, 0.15) is 32.9 Å². The van der Waals surface area contributed by atoms with Gasteiger partial charge < -0.3 is 5.32 Å². The Hall–Kier alpha value is -1.46. The molecule has 1 aliphatic rings. The number of hydrogen-bond acceptors (Lipinski definition) is 4. The van der Waals surface area contributed by atoms with Crippen LogP contribution in [0.2, 0.25) is 0 Å². The van der Waals surface area contributed by atoms with Gasteiger partial charge in [-0.1, -0.05) is 13.0 Å². The summed E-state index contributed by atoms with van der Waals surface area (Å²) in [6, 6.07) is 6.03. The highest BCUT2D eigenvalue weighted by Gasteiger charge is 2.22. The van der Waals surface area contributed by atoms with Gasteiger partial charge in [0, 0.05) is 44.5 Å². The van der Waals surface area contributed by atoms with Crippen molar-refractivity contribution in [3.63, 3.8) is 0 Å². The fourth-order valence-electron chi connectivity index (χ4n) is 2.53. The molecule has 1 aliphatic heterocycles. The molecule has 22 heavy (non-hydrogen) atoms. The Morgan fingerprint density at radius 2 is 1.91 bits per heavy atom. The molecule has 0 aliphatic carbocycles. The Bertz CT molecular complexity index is 467. The summed E-state index contributed by atoms with van der Waals surface area (Å²) < 4.78 is 0. The van der Waals surface area contributed by atoms with Gasteiger partial charge in [-0.25, -0.2) is 0 Å². The maximum absolute atomic E-state index is 12.1. The Morgan fingerprint density at radius 3 is 2.50 bits per heavy atom. The fourth-order valence-corrected chi connectivity index (χ4v) is 2.53. The van der Waals surface area contributed by atoms with Crippen LogP contribution in [0.5, 0.6) is 0 Å². The average molecular weight is 304 g/mol. The monoisotopic (exact) mass is 304 g/mol. The molecule has 1 aromatic heterocycles. The molecule has 5 nitrogen and oxygen atoms in total. The van der Waals surface area contributed by atoms with Crippen molar-refractivity contribution in [2.45, 2.75) is 39.3 Å². The molecule has 0 atom stereocenters. The number of pyridine rings is 1. The minimum atomic E-state index is -0.113. The molecular weight excluding hydrogens is 276 g/mol. The van der Waals surface area contributed by atoms with Gasteiger partial charge in [-0.15, -0.1) is 0 Å². The Kier molecular flexibility index (Phi) is 5.91. The topological polar surface area (TPSA) is 48.5 Å². The van der Waals surface area contributed by atoms with E-state index in [1.165, 1.54) is 0 Å². The predicted octanol–water partition coefficient (Wildman–Crippen LogP) is 1.50. The van der Waals surface area contributed by atoms with Crippen molar-refractivity contribution in [2.24, 2.45) is 0 Å². The van der Waals surface area contributed by atoms with Crippen LogP contribution in [0, 0.1) is 0 Å². The zero-order valence-electron chi connectivity index (χ0n) is 14.0. The molecule has 1 N–H and O–H groups in total. The highest BCUT2D eigenvalue weighted by molar-refractivity contribution is 5.78. The van der Waals surface area contributed by atoms with Crippen LogP contribution in [-0.4, -0.2) is 59.0 Å². The van der Waals surface area contributed by atoms with Gasteiger partial charge in [0.05, 0.1) is 12.2 Å². The molecule has 0 saturated carbocycles. The van der Waals surface area contributed by atoms with E-state index in [2.05, 4.69) is 46.9 Å². The van der Waals surface area contributed by atoms with E-state index in [9.17, 15) is 4.79 Å². The van der Waals surface area contributed by atoms with Crippen LogP contribution in [-0.2, 0) is 11.3 Å². The van der Waals surface area contributed by atoms with Crippen molar-refractivity contribution in [3.8, 4) is 0 Å². The molecule has 1 fully saturated rings. The second-order valence-corrected chi connectivity index (χ2v) is 6.66. The predicted molar refractivity (Wildman–Crippen MR) is 88.5 cm³/mol. The van der Waals surface area contributed by atoms with Crippen LogP contribution in [0.25, 0.3) is 0 Å². The Balaban J connectivity index is 1.72. The van der Waals surface area contributed by atoms with Crippen LogP contribution in [0.3, 0.4) is 0 Å². The van der Waals surface area contributed by atoms with Gasteiger partial charge in [-0.2, -0.15) is 0 Å². The normalized spacial score (nSPS) is 17.4. The van der Waals surface area contributed by atoms with E-state index >= 15 is 0 Å². The maximum Gasteiger partial charge on any atom is 0.234 e. The van der Waals surface area contributed by atoms with Crippen LogP contribution >= 0.6 is 0 Å². The molecular formula is C17H28N4O. The lowest BCUT2D eigenvalue weighted by Crippen LogP contribution is -2.52. The van der Waals surface area contributed by atoms with E-state index in [4.69, 9.17) is 0 Å². The lowest BCUT2D eigenvalue weighted by molar-refractivity contribution is -0.124. The summed E-state index contributed by atoms with van der Waals surface area (Å²) in [5.41, 5.74) is 0.996. The van der Waals surface area contributed by atoms with E-state index in [1.807, 2.05) is 18.3 Å². The molecule has 0 spiro atoms. The molecule has 2 rings (SSSR count). The average Bonchev–Trinajstić information content (AvgIpc) is 2.50. The number of nitrogens with one attached hydrogen (secondary N) is 1. The number of hydrogen-bond donors (Lipinski definition) is 1. The van der Waals surface area contributed by atoms with Crippen molar-refractivity contribution in [3.05, 3.63) is 30.1 Å². The number of aromatic nitrogens is 1. The SMILES string of the molecule is CCC(C)(C)NC(=O)CN1CCN(Cc2ccccn2)CC1. The third-order valence-corrected chi connectivity index (χ3v) is 4.31. The molecule has 2 heterocycles. The van der Waals surface area contributed by atoms with Gasteiger partial charge in [-0.3, -0.25) is 19.6 Å². The molecule has 1 aromatic rings. The Morgan fingerprint density at radius 1 is 1.23 bits per heavy atom. The molecule has 5 heteroatoms. The number of rotatable bonds is 6. The summed E-state index contributed by atoms with van der Waals surface area (Å²) in [5.74, 6) is 0.130. The van der Waals surface area contributed by atoms with Crippen molar-refractivity contribution < 1.29 is 4.79 Å². The molecule has 0 bridgehead atoms. The van der Waals surface area contributed by atoms with Crippen molar-refractivity contribution in [1.82, 2.24) is 20.1 Å². The Labute approximate surface area is 133 Å². The largest absolute Gasteiger partial charge is 0.350 e. The van der Waals surface area contributed by atoms with Gasteiger partial charge >= 0.3 is 0 Å². The number of nitrogens with zero attached hydrogens (tertiary/aromatic N) is 3. The smallest absolute Gasteiger partial charge is 0.234 e. The molecule has 0 aromatic carbocycles. The highest BCUT2D eigenvalue weighted by Crippen LogP contribution is 2.08. The third-order valence-electron chi connectivity index (χ3n) is 4.31. The second kappa shape index (κ2) is 7.70. The third kappa shape index (κ3) is 5.39. The quantitative estimate of drug-likeness (QED) is 0.865. The number of carbonyl (C=O) groups is 1. The first kappa shape index (κ1) is 16.9. The van der Waals surface area contributed by atoms with Gasteiger partial charge in [0.15, 0.2) is 0 Å². The number of carbonyl (C=O) groups excluding carboxylic acids is 1. The lowest BCUT2D eigenvalue weighted by Gasteiger charge is -2.35. The number of amides is 1. The van der Waals surface area contributed by atoms with Gasteiger partial charge in [0.25, 0.3) is 0 Å². The van der Waals surface area contributed by atoms with Crippen molar-refractivity contribution in [2.75, 3.05) is 32.7 Å². The fraction of sp³-hybridized carbons (Fsp3) is 0.647. The van der Waals surface area contributed by atoms with Crippen molar-refractivity contribution in [1.29, 1.82) is 0 Å². The molecule has 122 valence electrons. The van der Waals surface area contributed by atoms with E-state index in [1.54, 1.807) is 0 Å². The van der Waals surface area contributed by atoms with E-state index in [0.29, 0.717) is 6.54 Å². The van der Waals surface area contributed by atoms with Gasteiger partial charge in [0.1, 0.15) is 0 Å². The van der Waals surface area contributed by atoms with Gasteiger partial charge in [-0.05, 0) is 32.4 Å². The number of piperazine rings is 1. The molecule has 0 unspecified atom stereocenters. The molecule has 0 radical (unpaired) electrons. The van der Waals surface area contributed by atoms with E-state index in [-0.39, 0.29) is 11.4 Å². The van der Waals surface area contributed by atoms with Crippen LogP contribution in [0.4, 0.5) is 0 Å². The first-order chi connectivity index (χ1) is 10.5. The van der Waals surface area contributed by atoms with E-state index < -0.39 is 0 Å². The summed E-state index contributed by atoms with van der Waals surface area (Å²) in [5, 5.41) is 3.10. The zero-order valence-corrected chi connectivity index (χ0v) is 14.0. The zero-order chi connectivity index (χ0) is 16.0. The van der Waals surface area contributed by atoms with Gasteiger partial charge in [0.2, 0.25) is 5.91 Å². The van der Waals surface area contributed by atoms with Crippen LogP contribution < -0.4 is 5.32 Å². The van der Waals surface area contributed by atoms with Crippen LogP contribution in [0.15, 0.2) is 24.4 Å². The molecule has 1 amide bonds. The summed E-state index contributed by atoms with van der Waals surface area (Å²) >= 11 is 0. The minimum Gasteiger partial charge on any atom is -0.350 e. The van der Waals surface area contributed by atoms with Crippen molar-refractivity contribution >= 4 is 5.91 Å². The molecule has 1 saturated heterocycles. The summed E-state index contributed by atoms with van der Waals surface area (Å²) in [6.45, 7) is 11.5. The van der Waals surface area contributed by atoms with E-state index in [0.717, 1.165) is 44.8 Å². The maximum atomic E-state index is 12.1. The highest BCUT2D eigenvalue weighted by atomic mass is 16.2. The first-order valence-electron chi connectivity index (χ1n) is 8.14.